The van der Waals surface area contributed by atoms with Gasteiger partial charge in [0.15, 0.2) is 0 Å². The van der Waals surface area contributed by atoms with Gasteiger partial charge in [-0.15, -0.1) is 0 Å². The highest BCUT2D eigenvalue weighted by Gasteiger charge is 2.27. The van der Waals surface area contributed by atoms with Crippen LogP contribution < -0.4 is 16.2 Å². The van der Waals surface area contributed by atoms with Gasteiger partial charge in [-0.2, -0.15) is 0 Å². The normalized spacial score (nSPS) is 18.6. The van der Waals surface area contributed by atoms with Crippen LogP contribution in [0, 0.1) is 0 Å². The summed E-state index contributed by atoms with van der Waals surface area (Å²) in [5, 5.41) is 5.40. The fourth-order valence-corrected chi connectivity index (χ4v) is 3.65. The molecule has 1 unspecified atom stereocenters. The summed E-state index contributed by atoms with van der Waals surface area (Å²) < 4.78 is 1.49. The first-order valence-electron chi connectivity index (χ1n) is 9.36. The minimum absolute atomic E-state index is 0.0148. The number of rotatable bonds is 5. The average molecular weight is 369 g/mol. The minimum Gasteiger partial charge on any atom is -0.355 e. The van der Waals surface area contributed by atoms with Crippen molar-refractivity contribution in [3.63, 3.8) is 0 Å². The fourth-order valence-electron chi connectivity index (χ4n) is 3.65. The molecule has 2 aromatic heterocycles. The number of fused-ring (bicyclic) bond motifs is 1. The summed E-state index contributed by atoms with van der Waals surface area (Å²) in [5.74, 6) is -0.656. The first kappa shape index (κ1) is 17.5. The molecule has 0 bridgehead atoms. The zero-order valence-corrected chi connectivity index (χ0v) is 15.2. The number of nitrogens with zero attached hydrogens (tertiary/aromatic N) is 2. The Labute approximate surface area is 156 Å². The van der Waals surface area contributed by atoms with E-state index < -0.39 is 5.91 Å². The standard InChI is InChI=1S/C19H23N5O3/c1-20-18(26)14-7-12(17(25)23-13-5-6-13)9-24(19(14)27)8-11-3-2-4-15-16(11)22-10-21-15/h7,9-11,13H,2-6,8H2,1H3,(H,20,26)(H,21,22)(H,23,25). The number of carbonyl (C=O) groups excluding carboxylic acids is 2. The van der Waals surface area contributed by atoms with Gasteiger partial charge in [0.1, 0.15) is 5.56 Å². The minimum atomic E-state index is -0.487. The second kappa shape index (κ2) is 7.02. The summed E-state index contributed by atoms with van der Waals surface area (Å²) in [6, 6.07) is 1.59. The molecule has 0 aromatic carbocycles. The predicted octanol–water partition coefficient (Wildman–Crippen LogP) is 0.943. The smallest absolute Gasteiger partial charge is 0.263 e. The molecule has 2 aliphatic rings. The molecular weight excluding hydrogens is 346 g/mol. The zero-order valence-electron chi connectivity index (χ0n) is 15.2. The second-order valence-corrected chi connectivity index (χ2v) is 7.28. The van der Waals surface area contributed by atoms with Gasteiger partial charge in [0, 0.05) is 37.4 Å². The van der Waals surface area contributed by atoms with Gasteiger partial charge >= 0.3 is 0 Å². The molecule has 8 nitrogen and oxygen atoms in total. The predicted molar refractivity (Wildman–Crippen MR) is 98.8 cm³/mol. The Morgan fingerprint density at radius 3 is 2.85 bits per heavy atom. The quantitative estimate of drug-likeness (QED) is 0.729. The van der Waals surface area contributed by atoms with Gasteiger partial charge < -0.3 is 20.2 Å². The molecule has 2 aliphatic carbocycles. The molecule has 8 heteroatoms. The number of carbonyl (C=O) groups is 2. The van der Waals surface area contributed by atoms with E-state index in [0.29, 0.717) is 12.1 Å². The number of nitrogens with one attached hydrogen (secondary N) is 3. The number of amides is 2. The summed E-state index contributed by atoms with van der Waals surface area (Å²) >= 11 is 0. The van der Waals surface area contributed by atoms with E-state index in [1.807, 2.05) is 0 Å². The summed E-state index contributed by atoms with van der Waals surface area (Å²) in [4.78, 5) is 45.1. The van der Waals surface area contributed by atoms with E-state index in [-0.39, 0.29) is 29.0 Å². The largest absolute Gasteiger partial charge is 0.355 e. The summed E-state index contributed by atoms with van der Waals surface area (Å²) in [5.41, 5.74) is 2.01. The van der Waals surface area contributed by atoms with Crippen molar-refractivity contribution in [1.29, 1.82) is 0 Å². The van der Waals surface area contributed by atoms with Gasteiger partial charge in [-0.1, -0.05) is 0 Å². The molecule has 0 spiro atoms. The monoisotopic (exact) mass is 369 g/mol. The van der Waals surface area contributed by atoms with Gasteiger partial charge in [0.05, 0.1) is 17.6 Å². The van der Waals surface area contributed by atoms with E-state index in [4.69, 9.17) is 0 Å². The number of aromatic nitrogens is 3. The topological polar surface area (TPSA) is 109 Å². The third-order valence-corrected chi connectivity index (χ3v) is 5.27. The van der Waals surface area contributed by atoms with Crippen LogP contribution in [0.4, 0.5) is 0 Å². The van der Waals surface area contributed by atoms with E-state index >= 15 is 0 Å². The maximum absolute atomic E-state index is 12.8. The van der Waals surface area contributed by atoms with Crippen LogP contribution in [0.25, 0.3) is 0 Å². The van der Waals surface area contributed by atoms with Crippen LogP contribution in [0.5, 0.6) is 0 Å². The summed E-state index contributed by atoms with van der Waals surface area (Å²) in [6.45, 7) is 0.394. The number of hydrogen-bond donors (Lipinski definition) is 3. The Morgan fingerprint density at radius 2 is 2.11 bits per heavy atom. The Bertz CT molecular complexity index is 941. The highest BCUT2D eigenvalue weighted by Crippen LogP contribution is 2.30. The maximum atomic E-state index is 12.8. The number of aryl methyl sites for hydroxylation is 1. The Kier molecular flexibility index (Phi) is 4.55. The molecule has 3 N–H and O–H groups in total. The van der Waals surface area contributed by atoms with E-state index in [1.165, 1.54) is 17.7 Å². The lowest BCUT2D eigenvalue weighted by atomic mass is 9.89. The first-order chi connectivity index (χ1) is 13.1. The molecular formula is C19H23N5O3. The molecule has 1 atom stereocenters. The average Bonchev–Trinajstić information content (AvgIpc) is 3.35. The first-order valence-corrected chi connectivity index (χ1v) is 9.36. The van der Waals surface area contributed by atoms with Crippen molar-refractivity contribution < 1.29 is 9.59 Å². The highest BCUT2D eigenvalue weighted by molar-refractivity contribution is 5.99. The molecule has 2 aromatic rings. The van der Waals surface area contributed by atoms with E-state index in [2.05, 4.69) is 20.6 Å². The molecule has 0 radical (unpaired) electrons. The number of pyridine rings is 1. The van der Waals surface area contributed by atoms with Crippen molar-refractivity contribution in [2.45, 2.75) is 50.6 Å². The Morgan fingerprint density at radius 1 is 1.30 bits per heavy atom. The van der Waals surface area contributed by atoms with E-state index in [0.717, 1.165) is 43.5 Å². The Hall–Kier alpha value is -2.90. The van der Waals surface area contributed by atoms with Gasteiger partial charge in [0.25, 0.3) is 17.4 Å². The van der Waals surface area contributed by atoms with Crippen molar-refractivity contribution in [2.75, 3.05) is 7.05 Å². The molecule has 2 amide bonds. The number of H-pyrrole nitrogens is 1. The summed E-state index contributed by atoms with van der Waals surface area (Å²) in [6.07, 6.45) is 8.06. The van der Waals surface area contributed by atoms with Crippen LogP contribution in [0.15, 0.2) is 23.4 Å². The van der Waals surface area contributed by atoms with Crippen molar-refractivity contribution in [1.82, 2.24) is 25.2 Å². The van der Waals surface area contributed by atoms with Crippen molar-refractivity contribution in [2.24, 2.45) is 0 Å². The van der Waals surface area contributed by atoms with Crippen LogP contribution in [0.1, 0.15) is 63.7 Å². The zero-order chi connectivity index (χ0) is 19.0. The number of aromatic amines is 1. The van der Waals surface area contributed by atoms with Gasteiger partial charge in [0.2, 0.25) is 0 Å². The lowest BCUT2D eigenvalue weighted by Gasteiger charge is -2.22. The fraction of sp³-hybridized carbons (Fsp3) is 0.474. The van der Waals surface area contributed by atoms with Gasteiger partial charge in [-0.3, -0.25) is 14.4 Å². The number of hydrogen-bond acceptors (Lipinski definition) is 4. The van der Waals surface area contributed by atoms with E-state index in [1.54, 1.807) is 12.5 Å². The third-order valence-electron chi connectivity index (χ3n) is 5.27. The molecule has 4 rings (SSSR count). The second-order valence-electron chi connectivity index (χ2n) is 7.28. The molecule has 0 aliphatic heterocycles. The van der Waals surface area contributed by atoms with Crippen molar-refractivity contribution >= 4 is 11.8 Å². The Balaban J connectivity index is 1.69. The molecule has 1 fully saturated rings. The van der Waals surface area contributed by atoms with Crippen LogP contribution in [-0.4, -0.2) is 39.4 Å². The molecule has 142 valence electrons. The van der Waals surface area contributed by atoms with Crippen LogP contribution in [-0.2, 0) is 13.0 Å². The van der Waals surface area contributed by atoms with Crippen LogP contribution in [0.3, 0.4) is 0 Å². The van der Waals surface area contributed by atoms with Crippen molar-refractivity contribution in [3.8, 4) is 0 Å². The highest BCUT2D eigenvalue weighted by atomic mass is 16.2. The van der Waals surface area contributed by atoms with Gasteiger partial charge in [-0.25, -0.2) is 4.98 Å². The molecule has 2 heterocycles. The molecule has 0 saturated heterocycles. The molecule has 1 saturated carbocycles. The molecule has 27 heavy (non-hydrogen) atoms. The van der Waals surface area contributed by atoms with Gasteiger partial charge in [-0.05, 0) is 38.2 Å². The SMILES string of the molecule is CNC(=O)c1cc(C(=O)NC2CC2)cn(CC2CCCc3[nH]cnc32)c1=O. The van der Waals surface area contributed by atoms with Crippen LogP contribution >= 0.6 is 0 Å². The van der Waals surface area contributed by atoms with E-state index in [9.17, 15) is 14.4 Å². The third kappa shape index (κ3) is 3.51. The van der Waals surface area contributed by atoms with Crippen molar-refractivity contribution in [3.05, 3.63) is 51.5 Å². The number of imidazole rings is 1. The maximum Gasteiger partial charge on any atom is 0.263 e. The lowest BCUT2D eigenvalue weighted by molar-refractivity contribution is 0.0950. The lowest BCUT2D eigenvalue weighted by Crippen LogP contribution is -2.35. The summed E-state index contributed by atoms with van der Waals surface area (Å²) in [7, 11) is 1.47. The van der Waals surface area contributed by atoms with Crippen LogP contribution in [0.2, 0.25) is 0 Å².